The molecule has 0 aliphatic rings. The number of halogens is 2. The topological polar surface area (TPSA) is 107 Å². The summed E-state index contributed by atoms with van der Waals surface area (Å²) in [5, 5.41) is 4.97. The highest BCUT2D eigenvalue weighted by Gasteiger charge is 2.22. The summed E-state index contributed by atoms with van der Waals surface area (Å²) in [7, 11) is -3.99. The number of hydrogen-bond acceptors (Lipinski definition) is 3. The van der Waals surface area contributed by atoms with Crippen molar-refractivity contribution in [3.8, 4) is 0 Å². The fourth-order valence-electron chi connectivity index (χ4n) is 4.39. The highest BCUT2D eigenvalue weighted by Crippen LogP contribution is 2.29. The van der Waals surface area contributed by atoms with Gasteiger partial charge in [0.25, 0.3) is 5.91 Å². The molecule has 0 aliphatic carbocycles. The van der Waals surface area contributed by atoms with Crippen molar-refractivity contribution in [2.24, 2.45) is 0 Å². The summed E-state index contributed by atoms with van der Waals surface area (Å²) in [5.74, 6) is -0.475. The number of carbonyl (C=O) groups is 1. The van der Waals surface area contributed by atoms with Crippen molar-refractivity contribution in [2.45, 2.75) is 17.7 Å². The molecule has 0 saturated heterocycles. The number of para-hydroxylation sites is 2. The number of amides is 1. The minimum absolute atomic E-state index is 0.0435. The standard InChI is InChI=1S/C27H24Cl2N4O3S/c28-22-14-23(29)26(37(35,36)33-12-10-18-16-32-25-8-4-2-6-20(18)25)13-21(22)27(34)30-11-9-17-15-31-24-7-3-1-5-19(17)24/h1-8,13-16,31-33H,9-12H2,(H,30,34). The molecule has 5 aromatic rings. The van der Waals surface area contributed by atoms with Gasteiger partial charge in [-0.15, -0.1) is 0 Å². The van der Waals surface area contributed by atoms with Crippen molar-refractivity contribution in [3.05, 3.63) is 99.8 Å². The third kappa shape index (κ3) is 5.38. The quantitative estimate of drug-likeness (QED) is 0.194. The second-order valence-electron chi connectivity index (χ2n) is 8.64. The zero-order chi connectivity index (χ0) is 26.0. The van der Waals surface area contributed by atoms with Gasteiger partial charge >= 0.3 is 0 Å². The third-order valence-electron chi connectivity index (χ3n) is 6.27. The van der Waals surface area contributed by atoms with Crippen LogP contribution in [0.3, 0.4) is 0 Å². The van der Waals surface area contributed by atoms with Gasteiger partial charge in [0.15, 0.2) is 0 Å². The molecule has 0 aliphatic heterocycles. The smallest absolute Gasteiger partial charge is 0.252 e. The molecule has 7 nitrogen and oxygen atoms in total. The van der Waals surface area contributed by atoms with Crippen LogP contribution in [0.15, 0.2) is 78.0 Å². The second kappa shape index (κ2) is 10.6. The fourth-order valence-corrected chi connectivity index (χ4v) is 6.28. The van der Waals surface area contributed by atoms with E-state index >= 15 is 0 Å². The molecule has 0 saturated carbocycles. The summed E-state index contributed by atoms with van der Waals surface area (Å²) in [6.45, 7) is 0.514. The van der Waals surface area contributed by atoms with Crippen LogP contribution >= 0.6 is 23.2 Å². The van der Waals surface area contributed by atoms with Crippen molar-refractivity contribution in [2.75, 3.05) is 13.1 Å². The van der Waals surface area contributed by atoms with Crippen LogP contribution in [-0.2, 0) is 22.9 Å². The molecule has 0 spiro atoms. The number of carbonyl (C=O) groups excluding carboxylic acids is 1. The second-order valence-corrected chi connectivity index (χ2v) is 11.2. The minimum atomic E-state index is -3.99. The zero-order valence-corrected chi connectivity index (χ0v) is 22.0. The molecule has 10 heteroatoms. The molecule has 4 N–H and O–H groups in total. The average Bonchev–Trinajstić information content (AvgIpc) is 3.48. The molecular formula is C27H24Cl2N4O3S. The highest BCUT2D eigenvalue weighted by atomic mass is 35.5. The van der Waals surface area contributed by atoms with Gasteiger partial charge < -0.3 is 15.3 Å². The van der Waals surface area contributed by atoms with Crippen molar-refractivity contribution < 1.29 is 13.2 Å². The van der Waals surface area contributed by atoms with Gasteiger partial charge in [-0.3, -0.25) is 4.79 Å². The zero-order valence-electron chi connectivity index (χ0n) is 19.6. The number of aromatic nitrogens is 2. The van der Waals surface area contributed by atoms with Crippen LogP contribution in [0, 0.1) is 0 Å². The molecule has 2 aromatic heterocycles. The molecule has 190 valence electrons. The van der Waals surface area contributed by atoms with Gasteiger partial charge in [0, 0.05) is 47.3 Å². The van der Waals surface area contributed by atoms with Gasteiger partial charge in [0.2, 0.25) is 10.0 Å². The van der Waals surface area contributed by atoms with E-state index in [2.05, 4.69) is 20.0 Å². The van der Waals surface area contributed by atoms with E-state index < -0.39 is 15.9 Å². The molecule has 1 amide bonds. The first-order chi connectivity index (χ1) is 17.8. The number of benzene rings is 3. The predicted molar refractivity (Wildman–Crippen MR) is 148 cm³/mol. The molecule has 5 rings (SSSR count). The van der Waals surface area contributed by atoms with Crippen LogP contribution in [-0.4, -0.2) is 37.4 Å². The van der Waals surface area contributed by atoms with Gasteiger partial charge in [-0.05, 0) is 48.2 Å². The Labute approximate surface area is 224 Å². The minimum Gasteiger partial charge on any atom is -0.361 e. The highest BCUT2D eigenvalue weighted by molar-refractivity contribution is 7.89. The van der Waals surface area contributed by atoms with E-state index in [9.17, 15) is 13.2 Å². The summed E-state index contributed by atoms with van der Waals surface area (Å²) < 4.78 is 28.7. The Bertz CT molecular complexity index is 1710. The predicted octanol–water partition coefficient (Wildman–Crippen LogP) is 5.45. The van der Waals surface area contributed by atoms with Gasteiger partial charge in [0.05, 0.1) is 15.6 Å². The number of nitrogens with one attached hydrogen (secondary N) is 4. The van der Waals surface area contributed by atoms with Crippen LogP contribution in [0.5, 0.6) is 0 Å². The Morgan fingerprint density at radius 1 is 0.784 bits per heavy atom. The number of aromatic amines is 2. The molecule has 3 aromatic carbocycles. The molecule has 37 heavy (non-hydrogen) atoms. The van der Waals surface area contributed by atoms with Crippen LogP contribution in [0.1, 0.15) is 21.5 Å². The number of fused-ring (bicyclic) bond motifs is 2. The molecular weight excluding hydrogens is 531 g/mol. The van der Waals surface area contributed by atoms with E-state index in [1.54, 1.807) is 0 Å². The Morgan fingerprint density at radius 2 is 1.35 bits per heavy atom. The maximum Gasteiger partial charge on any atom is 0.252 e. The number of rotatable bonds is 9. The molecule has 0 radical (unpaired) electrons. The maximum absolute atomic E-state index is 13.0. The lowest BCUT2D eigenvalue weighted by molar-refractivity contribution is 0.0954. The lowest BCUT2D eigenvalue weighted by Crippen LogP contribution is -2.28. The van der Waals surface area contributed by atoms with Crippen LogP contribution < -0.4 is 10.0 Å². The Morgan fingerprint density at radius 3 is 1.97 bits per heavy atom. The number of hydrogen-bond donors (Lipinski definition) is 4. The van der Waals surface area contributed by atoms with Crippen molar-refractivity contribution >= 4 is 60.9 Å². The Balaban J connectivity index is 1.25. The molecule has 0 unspecified atom stereocenters. The Hall–Kier alpha value is -3.30. The van der Waals surface area contributed by atoms with E-state index in [0.717, 1.165) is 32.9 Å². The van der Waals surface area contributed by atoms with E-state index in [1.165, 1.54) is 12.1 Å². The first-order valence-corrected chi connectivity index (χ1v) is 13.9. The largest absolute Gasteiger partial charge is 0.361 e. The lowest BCUT2D eigenvalue weighted by Gasteiger charge is -2.12. The first kappa shape index (κ1) is 25.4. The summed E-state index contributed by atoms with van der Waals surface area (Å²) >= 11 is 12.5. The van der Waals surface area contributed by atoms with E-state index in [4.69, 9.17) is 23.2 Å². The normalized spacial score (nSPS) is 11.8. The summed E-state index contributed by atoms with van der Waals surface area (Å²) in [6.07, 6.45) is 4.86. The summed E-state index contributed by atoms with van der Waals surface area (Å²) in [5.41, 5.74) is 4.12. The van der Waals surface area contributed by atoms with Gasteiger partial charge in [-0.25, -0.2) is 13.1 Å². The molecule has 2 heterocycles. The molecule has 0 fully saturated rings. The van der Waals surface area contributed by atoms with Gasteiger partial charge in [0.1, 0.15) is 4.90 Å². The fraction of sp³-hybridized carbons (Fsp3) is 0.148. The number of H-pyrrole nitrogens is 2. The van der Waals surface area contributed by atoms with Crippen LogP contribution in [0.25, 0.3) is 21.8 Å². The SMILES string of the molecule is O=C(NCCc1c[nH]c2ccccc12)c1cc(S(=O)(=O)NCCc2c[nH]c3ccccc23)c(Cl)cc1Cl. The van der Waals surface area contributed by atoms with Crippen LogP contribution in [0.4, 0.5) is 0 Å². The first-order valence-electron chi connectivity index (χ1n) is 11.7. The summed E-state index contributed by atoms with van der Waals surface area (Å²) in [6, 6.07) is 18.2. The third-order valence-corrected chi connectivity index (χ3v) is 8.51. The Kier molecular flexibility index (Phi) is 7.26. The maximum atomic E-state index is 13.0. The summed E-state index contributed by atoms with van der Waals surface area (Å²) in [4.78, 5) is 19.1. The van der Waals surface area contributed by atoms with E-state index in [1.807, 2.05) is 60.9 Å². The monoisotopic (exact) mass is 554 g/mol. The molecule has 0 bridgehead atoms. The van der Waals surface area contributed by atoms with Crippen LogP contribution in [0.2, 0.25) is 10.0 Å². The van der Waals surface area contributed by atoms with Gasteiger partial charge in [-0.2, -0.15) is 0 Å². The lowest BCUT2D eigenvalue weighted by atomic mass is 10.1. The van der Waals surface area contributed by atoms with Crippen molar-refractivity contribution in [1.29, 1.82) is 0 Å². The van der Waals surface area contributed by atoms with Crippen molar-refractivity contribution in [3.63, 3.8) is 0 Å². The van der Waals surface area contributed by atoms with Crippen molar-refractivity contribution in [1.82, 2.24) is 20.0 Å². The molecule has 0 atom stereocenters. The number of sulfonamides is 1. The average molecular weight is 555 g/mol. The van der Waals surface area contributed by atoms with E-state index in [0.29, 0.717) is 19.4 Å². The van der Waals surface area contributed by atoms with E-state index in [-0.39, 0.29) is 27.0 Å². The van der Waals surface area contributed by atoms with Gasteiger partial charge in [-0.1, -0.05) is 59.6 Å².